The standard InChI is InChI=1S/C11H19NO3/c1-8-6-9(7-8)12-10(13)4-2-3-5-11(14)15/h8-9H,2-7H2,1H3,(H,12,13)(H,14,15). The van der Waals surface area contributed by atoms with Gasteiger partial charge in [0.25, 0.3) is 0 Å². The lowest BCUT2D eigenvalue weighted by Crippen LogP contribution is -2.43. The van der Waals surface area contributed by atoms with Gasteiger partial charge in [0, 0.05) is 18.9 Å². The van der Waals surface area contributed by atoms with E-state index in [1.165, 1.54) is 0 Å². The normalized spacial score (nSPS) is 24.3. The lowest BCUT2D eigenvalue weighted by Gasteiger charge is -2.33. The number of hydrogen-bond acceptors (Lipinski definition) is 2. The highest BCUT2D eigenvalue weighted by molar-refractivity contribution is 5.76. The number of nitrogens with one attached hydrogen (secondary N) is 1. The highest BCUT2D eigenvalue weighted by Gasteiger charge is 2.26. The zero-order chi connectivity index (χ0) is 11.3. The predicted molar refractivity (Wildman–Crippen MR) is 56.4 cm³/mol. The van der Waals surface area contributed by atoms with Gasteiger partial charge in [-0.2, -0.15) is 0 Å². The van der Waals surface area contributed by atoms with Crippen LogP contribution in [0.3, 0.4) is 0 Å². The van der Waals surface area contributed by atoms with E-state index in [2.05, 4.69) is 12.2 Å². The maximum atomic E-state index is 11.3. The second-order valence-electron chi connectivity index (χ2n) is 4.44. The molecule has 0 unspecified atom stereocenters. The fourth-order valence-electron chi connectivity index (χ4n) is 1.88. The van der Waals surface area contributed by atoms with Crippen molar-refractivity contribution in [3.8, 4) is 0 Å². The number of carbonyl (C=O) groups is 2. The minimum atomic E-state index is -0.789. The van der Waals surface area contributed by atoms with Crippen molar-refractivity contribution in [2.45, 2.75) is 51.5 Å². The summed E-state index contributed by atoms with van der Waals surface area (Å²) in [4.78, 5) is 21.6. The van der Waals surface area contributed by atoms with Gasteiger partial charge in [-0.3, -0.25) is 9.59 Å². The Morgan fingerprint density at radius 2 is 1.87 bits per heavy atom. The molecule has 4 heteroatoms. The molecule has 1 saturated carbocycles. The SMILES string of the molecule is CC1CC(NC(=O)CCCCC(=O)O)C1. The zero-order valence-corrected chi connectivity index (χ0v) is 9.16. The smallest absolute Gasteiger partial charge is 0.303 e. The number of aliphatic carboxylic acids is 1. The minimum Gasteiger partial charge on any atom is -0.481 e. The molecule has 0 heterocycles. The average molecular weight is 213 g/mol. The van der Waals surface area contributed by atoms with Crippen LogP contribution in [0.5, 0.6) is 0 Å². The molecule has 0 aromatic heterocycles. The molecule has 0 saturated heterocycles. The van der Waals surface area contributed by atoms with E-state index in [1.54, 1.807) is 0 Å². The van der Waals surface area contributed by atoms with Gasteiger partial charge < -0.3 is 10.4 Å². The van der Waals surface area contributed by atoms with Gasteiger partial charge in [-0.05, 0) is 31.6 Å². The van der Waals surface area contributed by atoms with Gasteiger partial charge in [-0.25, -0.2) is 0 Å². The van der Waals surface area contributed by atoms with Crippen LogP contribution in [0.4, 0.5) is 0 Å². The van der Waals surface area contributed by atoms with Crippen LogP contribution >= 0.6 is 0 Å². The first-order chi connectivity index (χ1) is 7.08. The summed E-state index contributed by atoms with van der Waals surface area (Å²) in [6.45, 7) is 2.18. The monoisotopic (exact) mass is 213 g/mol. The molecule has 1 rings (SSSR count). The molecule has 4 nitrogen and oxygen atoms in total. The molecule has 0 aliphatic heterocycles. The number of rotatable bonds is 6. The maximum absolute atomic E-state index is 11.3. The van der Waals surface area contributed by atoms with E-state index in [0.29, 0.717) is 25.3 Å². The van der Waals surface area contributed by atoms with Gasteiger partial charge >= 0.3 is 5.97 Å². The van der Waals surface area contributed by atoms with Gasteiger partial charge in [-0.1, -0.05) is 6.92 Å². The van der Waals surface area contributed by atoms with Gasteiger partial charge in [0.1, 0.15) is 0 Å². The Bertz CT molecular complexity index is 234. The van der Waals surface area contributed by atoms with Crippen molar-refractivity contribution in [1.82, 2.24) is 5.32 Å². The number of carboxylic acids is 1. The fraction of sp³-hybridized carbons (Fsp3) is 0.818. The average Bonchev–Trinajstić information content (AvgIpc) is 2.10. The summed E-state index contributed by atoms with van der Waals surface area (Å²) in [5.41, 5.74) is 0. The van der Waals surface area contributed by atoms with Crippen molar-refractivity contribution in [3.63, 3.8) is 0 Å². The summed E-state index contributed by atoms with van der Waals surface area (Å²) >= 11 is 0. The molecular formula is C11H19NO3. The number of carboxylic acid groups (broad SMARTS) is 1. The molecular weight excluding hydrogens is 194 g/mol. The van der Waals surface area contributed by atoms with Crippen molar-refractivity contribution in [2.24, 2.45) is 5.92 Å². The van der Waals surface area contributed by atoms with Gasteiger partial charge in [-0.15, -0.1) is 0 Å². The summed E-state index contributed by atoms with van der Waals surface area (Å²) < 4.78 is 0. The van der Waals surface area contributed by atoms with E-state index in [4.69, 9.17) is 5.11 Å². The fourth-order valence-corrected chi connectivity index (χ4v) is 1.88. The van der Waals surface area contributed by atoms with Gasteiger partial charge in [0.05, 0.1) is 0 Å². The Morgan fingerprint density at radius 1 is 1.27 bits per heavy atom. The van der Waals surface area contributed by atoms with E-state index in [9.17, 15) is 9.59 Å². The highest BCUT2D eigenvalue weighted by atomic mass is 16.4. The van der Waals surface area contributed by atoms with E-state index < -0.39 is 5.97 Å². The van der Waals surface area contributed by atoms with E-state index in [0.717, 1.165) is 18.8 Å². The minimum absolute atomic E-state index is 0.0669. The molecule has 0 bridgehead atoms. The third-order valence-electron chi connectivity index (χ3n) is 2.78. The van der Waals surface area contributed by atoms with Crippen LogP contribution in [0.1, 0.15) is 45.4 Å². The van der Waals surface area contributed by atoms with Gasteiger partial charge in [0.2, 0.25) is 5.91 Å². The molecule has 0 aromatic carbocycles. The van der Waals surface area contributed by atoms with Crippen LogP contribution in [-0.2, 0) is 9.59 Å². The first kappa shape index (κ1) is 12.0. The highest BCUT2D eigenvalue weighted by Crippen LogP contribution is 2.26. The Hall–Kier alpha value is -1.06. The van der Waals surface area contributed by atoms with Crippen LogP contribution in [0.2, 0.25) is 0 Å². The summed E-state index contributed by atoms with van der Waals surface area (Å²) in [6, 6.07) is 0.368. The number of unbranched alkanes of at least 4 members (excludes halogenated alkanes) is 1. The molecule has 0 spiro atoms. The van der Waals surface area contributed by atoms with Crippen molar-refractivity contribution < 1.29 is 14.7 Å². The van der Waals surface area contributed by atoms with Crippen LogP contribution in [0, 0.1) is 5.92 Å². The topological polar surface area (TPSA) is 66.4 Å². The molecule has 86 valence electrons. The van der Waals surface area contributed by atoms with E-state index in [1.807, 2.05) is 0 Å². The van der Waals surface area contributed by atoms with Crippen LogP contribution in [0.25, 0.3) is 0 Å². The molecule has 1 fully saturated rings. The lowest BCUT2D eigenvalue weighted by molar-refractivity contribution is -0.137. The largest absolute Gasteiger partial charge is 0.481 e. The lowest BCUT2D eigenvalue weighted by atomic mass is 9.82. The quantitative estimate of drug-likeness (QED) is 0.658. The zero-order valence-electron chi connectivity index (χ0n) is 9.16. The summed E-state index contributed by atoms with van der Waals surface area (Å²) in [5.74, 6) is 0.0165. The first-order valence-corrected chi connectivity index (χ1v) is 5.59. The Morgan fingerprint density at radius 3 is 2.40 bits per heavy atom. The molecule has 1 aliphatic rings. The van der Waals surface area contributed by atoms with Crippen molar-refractivity contribution in [1.29, 1.82) is 0 Å². The second-order valence-corrected chi connectivity index (χ2v) is 4.44. The molecule has 0 radical (unpaired) electrons. The Kier molecular flexibility index (Phi) is 4.59. The van der Waals surface area contributed by atoms with Crippen LogP contribution in [0.15, 0.2) is 0 Å². The summed E-state index contributed by atoms with van der Waals surface area (Å²) in [5, 5.41) is 11.3. The van der Waals surface area contributed by atoms with Crippen molar-refractivity contribution in [2.75, 3.05) is 0 Å². The third-order valence-corrected chi connectivity index (χ3v) is 2.78. The number of amides is 1. The number of hydrogen-bond donors (Lipinski definition) is 2. The van der Waals surface area contributed by atoms with Crippen molar-refractivity contribution in [3.05, 3.63) is 0 Å². The van der Waals surface area contributed by atoms with Crippen molar-refractivity contribution >= 4 is 11.9 Å². The first-order valence-electron chi connectivity index (χ1n) is 5.59. The second kappa shape index (κ2) is 5.73. The van der Waals surface area contributed by atoms with Crippen LogP contribution < -0.4 is 5.32 Å². The molecule has 15 heavy (non-hydrogen) atoms. The van der Waals surface area contributed by atoms with Gasteiger partial charge in [0.15, 0.2) is 0 Å². The third kappa shape index (κ3) is 4.81. The maximum Gasteiger partial charge on any atom is 0.303 e. The molecule has 1 amide bonds. The molecule has 2 N–H and O–H groups in total. The number of carbonyl (C=O) groups excluding carboxylic acids is 1. The predicted octanol–water partition coefficient (Wildman–Crippen LogP) is 1.55. The Labute approximate surface area is 90.0 Å². The molecule has 0 aromatic rings. The van der Waals surface area contributed by atoms with Crippen LogP contribution in [-0.4, -0.2) is 23.0 Å². The molecule has 1 aliphatic carbocycles. The summed E-state index contributed by atoms with van der Waals surface area (Å²) in [6.07, 6.45) is 4.04. The molecule has 0 atom stereocenters. The van der Waals surface area contributed by atoms with E-state index >= 15 is 0 Å². The van der Waals surface area contributed by atoms with E-state index in [-0.39, 0.29) is 12.3 Å². The summed E-state index contributed by atoms with van der Waals surface area (Å²) in [7, 11) is 0. The Balaban J connectivity index is 1.97.